The predicted octanol–water partition coefficient (Wildman–Crippen LogP) is 9.75. The van der Waals surface area contributed by atoms with Crippen molar-refractivity contribution in [1.29, 1.82) is 0 Å². The largest absolute Gasteiger partial charge is 0.0622 e. The lowest BCUT2D eigenvalue weighted by Gasteiger charge is -2.14. The monoisotopic (exact) mass is 480 g/mol. The summed E-state index contributed by atoms with van der Waals surface area (Å²) >= 11 is 0. The van der Waals surface area contributed by atoms with Gasteiger partial charge in [-0.3, -0.25) is 0 Å². The van der Waals surface area contributed by atoms with Crippen molar-refractivity contribution in [2.24, 2.45) is 0 Å². The Kier molecular flexibility index (Phi) is 4.62. The van der Waals surface area contributed by atoms with Crippen LogP contribution in [0.15, 0.2) is 146 Å². The van der Waals surface area contributed by atoms with Crippen LogP contribution in [0.4, 0.5) is 0 Å². The van der Waals surface area contributed by atoms with Gasteiger partial charge in [0.05, 0.1) is 0 Å². The highest BCUT2D eigenvalue weighted by atomic mass is 14.4. The van der Waals surface area contributed by atoms with E-state index < -0.39 is 0 Å². The number of hydrogen-bond acceptors (Lipinski definition) is 0. The summed E-state index contributed by atoms with van der Waals surface area (Å²) in [5.41, 5.74) is 15.7. The molecule has 0 radical (unpaired) electrons. The van der Waals surface area contributed by atoms with E-state index in [1.54, 1.807) is 0 Å². The molecule has 0 nitrogen and oxygen atoms in total. The molecule has 0 saturated carbocycles. The Labute approximate surface area is 222 Å². The molecular weight excluding hydrogens is 456 g/mol. The van der Waals surface area contributed by atoms with Gasteiger partial charge < -0.3 is 0 Å². The van der Waals surface area contributed by atoms with Crippen molar-refractivity contribution in [1.82, 2.24) is 0 Å². The average molecular weight is 481 g/mol. The van der Waals surface area contributed by atoms with Crippen molar-refractivity contribution < 1.29 is 0 Å². The minimum absolute atomic E-state index is 1.24. The fourth-order valence-corrected chi connectivity index (χ4v) is 6.40. The first-order chi connectivity index (χ1) is 18.9. The minimum Gasteiger partial charge on any atom is -0.0622 e. The second-order valence-electron chi connectivity index (χ2n) is 10.1. The van der Waals surface area contributed by atoms with Gasteiger partial charge in [-0.1, -0.05) is 140 Å². The zero-order chi connectivity index (χ0) is 25.1. The summed E-state index contributed by atoms with van der Waals surface area (Å²) in [6, 6.07) is 53.1. The van der Waals surface area contributed by atoms with Gasteiger partial charge >= 0.3 is 0 Å². The van der Waals surface area contributed by atoms with Crippen molar-refractivity contribution in [2.75, 3.05) is 0 Å². The Morgan fingerprint density at radius 3 is 1.50 bits per heavy atom. The summed E-state index contributed by atoms with van der Waals surface area (Å²) in [7, 11) is 0. The molecule has 0 heterocycles. The van der Waals surface area contributed by atoms with E-state index in [4.69, 9.17) is 0 Å². The smallest absolute Gasteiger partial charge is 0.000741 e. The van der Waals surface area contributed by atoms with Crippen LogP contribution in [0.1, 0.15) is 33.4 Å². The Bertz CT molecular complexity index is 1940. The molecule has 0 bridgehead atoms. The second kappa shape index (κ2) is 8.30. The fourth-order valence-electron chi connectivity index (χ4n) is 6.40. The van der Waals surface area contributed by atoms with E-state index >= 15 is 0 Å². The van der Waals surface area contributed by atoms with Gasteiger partial charge in [0.2, 0.25) is 0 Å². The third-order valence-electron chi connectivity index (χ3n) is 8.00. The van der Waals surface area contributed by atoms with Gasteiger partial charge in [0.15, 0.2) is 0 Å². The van der Waals surface area contributed by atoms with Crippen LogP contribution in [0, 0.1) is 0 Å². The first-order valence-corrected chi connectivity index (χ1v) is 13.2. The molecule has 0 heteroatoms. The maximum atomic E-state index is 2.36. The van der Waals surface area contributed by atoms with Gasteiger partial charge in [-0.05, 0) is 83.6 Å². The zero-order valence-corrected chi connectivity index (χ0v) is 20.9. The lowest BCUT2D eigenvalue weighted by molar-refractivity contribution is 1.52. The highest BCUT2D eigenvalue weighted by molar-refractivity contribution is 6.36. The molecule has 0 atom stereocenters. The normalized spacial score (nSPS) is 13.6. The molecule has 0 unspecified atom stereocenters. The minimum atomic E-state index is 1.24. The SMILES string of the molecule is c1ccc(-c2cccc(C3=C4C(=C(c5cccc6ccccc56)c5ccccc54)c4ccccc43)c2)cc1. The lowest BCUT2D eigenvalue weighted by atomic mass is 9.89. The molecule has 8 rings (SSSR count). The molecular formula is C38H24. The molecule has 2 aliphatic carbocycles. The highest BCUT2D eigenvalue weighted by Crippen LogP contribution is 2.58. The number of benzene rings is 6. The predicted molar refractivity (Wildman–Crippen MR) is 161 cm³/mol. The summed E-state index contributed by atoms with van der Waals surface area (Å²) < 4.78 is 0. The van der Waals surface area contributed by atoms with Gasteiger partial charge in [-0.15, -0.1) is 0 Å². The molecule has 0 N–H and O–H groups in total. The van der Waals surface area contributed by atoms with Gasteiger partial charge in [-0.2, -0.15) is 0 Å². The van der Waals surface area contributed by atoms with E-state index in [1.165, 1.54) is 77.6 Å². The van der Waals surface area contributed by atoms with Crippen molar-refractivity contribution >= 4 is 33.1 Å². The number of hydrogen-bond donors (Lipinski definition) is 0. The Hall–Kier alpha value is -4.94. The van der Waals surface area contributed by atoms with Crippen LogP contribution in [0.5, 0.6) is 0 Å². The first-order valence-electron chi connectivity index (χ1n) is 13.2. The molecule has 0 aliphatic heterocycles. The van der Waals surface area contributed by atoms with Crippen LogP contribution in [0.2, 0.25) is 0 Å². The standard InChI is InChI=1S/C38H24/c1-2-12-25(13-3-1)27-16-10-17-28(24-27)35-31-19-6-8-21-33(31)38-36(32-20-7-9-22-34(32)37(35)38)30-23-11-15-26-14-4-5-18-29(26)30/h1-24H. The summed E-state index contributed by atoms with van der Waals surface area (Å²) in [5.74, 6) is 0. The molecule has 38 heavy (non-hydrogen) atoms. The molecule has 0 fully saturated rings. The van der Waals surface area contributed by atoms with Crippen LogP contribution in [0.25, 0.3) is 44.2 Å². The van der Waals surface area contributed by atoms with Crippen LogP contribution >= 0.6 is 0 Å². The van der Waals surface area contributed by atoms with Crippen molar-refractivity contribution in [2.45, 2.75) is 0 Å². The maximum absolute atomic E-state index is 2.36. The summed E-state index contributed by atoms with van der Waals surface area (Å²) in [6.07, 6.45) is 0. The van der Waals surface area contributed by atoms with Crippen LogP contribution in [-0.4, -0.2) is 0 Å². The Morgan fingerprint density at radius 2 is 0.737 bits per heavy atom. The second-order valence-corrected chi connectivity index (χ2v) is 10.1. The van der Waals surface area contributed by atoms with Gasteiger partial charge in [0.1, 0.15) is 0 Å². The third kappa shape index (κ3) is 3.04. The molecule has 2 aliphatic rings. The summed E-state index contributed by atoms with van der Waals surface area (Å²) in [4.78, 5) is 0. The van der Waals surface area contributed by atoms with Crippen molar-refractivity contribution in [3.8, 4) is 11.1 Å². The van der Waals surface area contributed by atoms with E-state index in [0.717, 1.165) is 0 Å². The van der Waals surface area contributed by atoms with Gasteiger partial charge in [0, 0.05) is 0 Å². The lowest BCUT2D eigenvalue weighted by Crippen LogP contribution is -1.93. The van der Waals surface area contributed by atoms with Crippen LogP contribution in [-0.2, 0) is 0 Å². The number of rotatable bonds is 3. The van der Waals surface area contributed by atoms with Crippen molar-refractivity contribution in [3.63, 3.8) is 0 Å². The Balaban J connectivity index is 1.47. The van der Waals surface area contributed by atoms with Crippen LogP contribution in [0.3, 0.4) is 0 Å². The van der Waals surface area contributed by atoms with Gasteiger partial charge in [0.25, 0.3) is 0 Å². The average Bonchev–Trinajstić information content (AvgIpc) is 3.50. The molecule has 0 saturated heterocycles. The molecule has 0 amide bonds. The first kappa shape index (κ1) is 21.2. The zero-order valence-electron chi connectivity index (χ0n) is 20.9. The fraction of sp³-hybridized carbons (Fsp3) is 0. The molecule has 0 spiro atoms. The molecule has 0 aromatic heterocycles. The topological polar surface area (TPSA) is 0 Å². The summed E-state index contributed by atoms with van der Waals surface area (Å²) in [6.45, 7) is 0. The Morgan fingerprint density at radius 1 is 0.263 bits per heavy atom. The highest BCUT2D eigenvalue weighted by Gasteiger charge is 2.37. The molecule has 6 aromatic carbocycles. The molecule has 6 aromatic rings. The molecule has 176 valence electrons. The third-order valence-corrected chi connectivity index (χ3v) is 8.00. The number of allylic oxidation sites excluding steroid dienone is 2. The van der Waals surface area contributed by atoms with Crippen molar-refractivity contribution in [3.05, 3.63) is 179 Å². The summed E-state index contributed by atoms with van der Waals surface area (Å²) in [5, 5.41) is 2.57. The van der Waals surface area contributed by atoms with E-state index in [1.807, 2.05) is 0 Å². The van der Waals surface area contributed by atoms with E-state index in [9.17, 15) is 0 Å². The van der Waals surface area contributed by atoms with E-state index in [2.05, 4.69) is 146 Å². The maximum Gasteiger partial charge on any atom is -0.000741 e. The van der Waals surface area contributed by atoms with E-state index in [-0.39, 0.29) is 0 Å². The number of fused-ring (bicyclic) bond motifs is 6. The van der Waals surface area contributed by atoms with Crippen LogP contribution < -0.4 is 0 Å². The quantitative estimate of drug-likeness (QED) is 0.236. The van der Waals surface area contributed by atoms with E-state index in [0.29, 0.717) is 0 Å². The van der Waals surface area contributed by atoms with Gasteiger partial charge in [-0.25, -0.2) is 0 Å².